The van der Waals surface area contributed by atoms with E-state index < -0.39 is 6.04 Å². The molecule has 1 aliphatic rings. The molecule has 4 aromatic carbocycles. The first-order valence-electron chi connectivity index (χ1n) is 12.1. The highest BCUT2D eigenvalue weighted by Crippen LogP contribution is 2.36. The molecule has 182 valence electrons. The first-order chi connectivity index (χ1) is 18.2. The minimum Gasteiger partial charge on any atom is -0.489 e. The lowest BCUT2D eigenvalue weighted by Gasteiger charge is -2.28. The Balaban J connectivity index is 1.27. The Morgan fingerprint density at radius 3 is 2.54 bits per heavy atom. The van der Waals surface area contributed by atoms with E-state index in [-0.39, 0.29) is 5.91 Å². The third kappa shape index (κ3) is 4.43. The number of fused-ring (bicyclic) bond motifs is 2. The van der Waals surface area contributed by atoms with Gasteiger partial charge in [-0.05, 0) is 53.1 Å². The molecule has 0 fully saturated rings. The fourth-order valence-corrected chi connectivity index (χ4v) is 4.74. The lowest BCUT2D eigenvalue weighted by Crippen LogP contribution is -2.31. The molecule has 1 amide bonds. The van der Waals surface area contributed by atoms with E-state index in [1.54, 1.807) is 4.68 Å². The zero-order chi connectivity index (χ0) is 25.2. The summed E-state index contributed by atoms with van der Waals surface area (Å²) in [6.45, 7) is 2.35. The van der Waals surface area contributed by atoms with E-state index in [0.717, 1.165) is 28.3 Å². The van der Waals surface area contributed by atoms with Gasteiger partial charge < -0.3 is 15.4 Å². The highest BCUT2D eigenvalue weighted by atomic mass is 16.5. The Bertz CT molecular complexity index is 1600. The number of allylic oxidation sites excluding steroid dienone is 1. The summed E-state index contributed by atoms with van der Waals surface area (Å²) in [6, 6.07) is 31.3. The second-order valence-corrected chi connectivity index (χ2v) is 8.91. The van der Waals surface area contributed by atoms with Gasteiger partial charge in [-0.3, -0.25) is 4.79 Å². The van der Waals surface area contributed by atoms with E-state index in [0.29, 0.717) is 18.1 Å². The van der Waals surface area contributed by atoms with Crippen molar-refractivity contribution < 1.29 is 9.53 Å². The van der Waals surface area contributed by atoms with Crippen LogP contribution in [0.25, 0.3) is 10.8 Å². The summed E-state index contributed by atoms with van der Waals surface area (Å²) >= 11 is 0. The van der Waals surface area contributed by atoms with E-state index in [4.69, 9.17) is 4.74 Å². The number of hydrogen-bond acceptors (Lipinski definition) is 5. The number of nitrogens with zero attached hydrogens (tertiary/aromatic N) is 3. The van der Waals surface area contributed by atoms with Gasteiger partial charge in [0, 0.05) is 11.4 Å². The number of hydrogen-bond donors (Lipinski definition) is 2. The number of aromatic nitrogens is 3. The average Bonchev–Trinajstić information content (AvgIpc) is 3.40. The number of benzene rings is 4. The lowest BCUT2D eigenvalue weighted by molar-refractivity contribution is -0.113. The molecule has 6 rings (SSSR count). The maximum Gasteiger partial charge on any atom is 0.255 e. The molecule has 7 nitrogen and oxygen atoms in total. The Labute approximate surface area is 214 Å². The van der Waals surface area contributed by atoms with Crippen molar-refractivity contribution in [2.75, 3.05) is 10.6 Å². The quantitative estimate of drug-likeness (QED) is 0.310. The van der Waals surface area contributed by atoms with Crippen LogP contribution in [0.5, 0.6) is 5.75 Å². The van der Waals surface area contributed by atoms with Crippen LogP contribution >= 0.6 is 0 Å². The Morgan fingerprint density at radius 1 is 0.946 bits per heavy atom. The molecule has 5 aromatic rings. The molecule has 7 heteroatoms. The van der Waals surface area contributed by atoms with Crippen LogP contribution in [0, 0.1) is 0 Å². The Hall–Kier alpha value is -4.91. The number of ether oxygens (including phenoxy) is 1. The molecular formula is C30H25N5O2. The molecule has 2 N–H and O–H groups in total. The molecule has 0 spiro atoms. The lowest BCUT2D eigenvalue weighted by atomic mass is 9.95. The molecule has 1 atom stereocenters. The minimum atomic E-state index is -0.436. The molecule has 1 aromatic heterocycles. The van der Waals surface area contributed by atoms with Crippen molar-refractivity contribution in [1.29, 1.82) is 0 Å². The van der Waals surface area contributed by atoms with E-state index in [2.05, 4.69) is 45.0 Å². The van der Waals surface area contributed by atoms with Crippen molar-refractivity contribution in [3.05, 3.63) is 126 Å². The summed E-state index contributed by atoms with van der Waals surface area (Å²) in [6.07, 6.45) is 1.49. The maximum absolute atomic E-state index is 13.4. The number of nitrogens with one attached hydrogen (secondary N) is 2. The summed E-state index contributed by atoms with van der Waals surface area (Å²) < 4.78 is 7.87. The molecule has 0 aliphatic carbocycles. The molecule has 0 saturated carbocycles. The van der Waals surface area contributed by atoms with Crippen LogP contribution in [0.15, 0.2) is 115 Å². The van der Waals surface area contributed by atoms with E-state index >= 15 is 0 Å². The normalized spacial score (nSPS) is 14.7. The van der Waals surface area contributed by atoms with Crippen LogP contribution in [-0.4, -0.2) is 20.7 Å². The Kier molecular flexibility index (Phi) is 5.86. The van der Waals surface area contributed by atoms with Gasteiger partial charge in [-0.25, -0.2) is 4.68 Å². The predicted molar refractivity (Wildman–Crippen MR) is 144 cm³/mol. The van der Waals surface area contributed by atoms with Crippen LogP contribution in [0.2, 0.25) is 0 Å². The number of anilines is 2. The first kappa shape index (κ1) is 22.5. The van der Waals surface area contributed by atoms with E-state index in [1.807, 2.05) is 79.7 Å². The highest BCUT2D eigenvalue weighted by molar-refractivity contribution is 6.06. The van der Waals surface area contributed by atoms with Crippen molar-refractivity contribution in [2.24, 2.45) is 0 Å². The standard InChI is InChI=1S/C30H25N5O2/c1-20-27(29(36)34-24-11-3-2-4-12-24)28(35-30(33-20)31-19-32-35)22-14-16-25(17-15-22)37-18-23-10-7-9-21-8-5-6-13-26(21)23/h2-17,19,28H,18H2,1H3,(H,34,36)(H,31,32,33). The summed E-state index contributed by atoms with van der Waals surface area (Å²) in [5.74, 6) is 1.15. The fourth-order valence-electron chi connectivity index (χ4n) is 4.74. The van der Waals surface area contributed by atoms with Crippen molar-refractivity contribution in [3.8, 4) is 5.75 Å². The van der Waals surface area contributed by atoms with Gasteiger partial charge >= 0.3 is 0 Å². The number of rotatable bonds is 6. The van der Waals surface area contributed by atoms with Gasteiger partial charge in [-0.15, -0.1) is 0 Å². The number of carbonyl (C=O) groups excluding carboxylic acids is 1. The summed E-state index contributed by atoms with van der Waals surface area (Å²) in [5, 5.41) is 13.0. The zero-order valence-corrected chi connectivity index (χ0v) is 20.3. The molecule has 1 aliphatic heterocycles. The minimum absolute atomic E-state index is 0.196. The molecule has 2 heterocycles. The summed E-state index contributed by atoms with van der Waals surface area (Å²) in [4.78, 5) is 17.7. The van der Waals surface area contributed by atoms with Gasteiger partial charge in [-0.1, -0.05) is 72.8 Å². The van der Waals surface area contributed by atoms with Crippen molar-refractivity contribution in [3.63, 3.8) is 0 Å². The van der Waals surface area contributed by atoms with E-state index in [9.17, 15) is 4.79 Å². The second-order valence-electron chi connectivity index (χ2n) is 8.91. The largest absolute Gasteiger partial charge is 0.489 e. The van der Waals surface area contributed by atoms with Crippen molar-refractivity contribution in [2.45, 2.75) is 19.6 Å². The van der Waals surface area contributed by atoms with Gasteiger partial charge in [0.05, 0.1) is 5.57 Å². The zero-order valence-electron chi connectivity index (χ0n) is 20.3. The van der Waals surface area contributed by atoms with Crippen LogP contribution < -0.4 is 15.4 Å². The molecule has 0 saturated heterocycles. The highest BCUT2D eigenvalue weighted by Gasteiger charge is 2.33. The third-order valence-corrected chi connectivity index (χ3v) is 6.54. The predicted octanol–water partition coefficient (Wildman–Crippen LogP) is 5.94. The van der Waals surface area contributed by atoms with Gasteiger partial charge in [-0.2, -0.15) is 10.1 Å². The van der Waals surface area contributed by atoms with Gasteiger partial charge in [0.1, 0.15) is 24.7 Å². The molecule has 0 radical (unpaired) electrons. The third-order valence-electron chi connectivity index (χ3n) is 6.54. The fraction of sp³-hybridized carbons (Fsp3) is 0.100. The van der Waals surface area contributed by atoms with Crippen LogP contribution in [0.1, 0.15) is 24.1 Å². The monoisotopic (exact) mass is 487 g/mol. The van der Waals surface area contributed by atoms with Crippen LogP contribution in [-0.2, 0) is 11.4 Å². The van der Waals surface area contributed by atoms with Crippen molar-refractivity contribution in [1.82, 2.24) is 14.8 Å². The summed E-state index contributed by atoms with van der Waals surface area (Å²) in [5.41, 5.74) is 4.07. The maximum atomic E-state index is 13.4. The smallest absolute Gasteiger partial charge is 0.255 e. The molecule has 1 unspecified atom stereocenters. The Morgan fingerprint density at radius 2 is 1.70 bits per heavy atom. The summed E-state index contributed by atoms with van der Waals surface area (Å²) in [7, 11) is 0. The van der Waals surface area contributed by atoms with Gasteiger partial charge in [0.25, 0.3) is 5.91 Å². The van der Waals surface area contributed by atoms with Crippen molar-refractivity contribution >= 4 is 28.3 Å². The number of amides is 1. The number of carbonyl (C=O) groups is 1. The average molecular weight is 488 g/mol. The molecule has 0 bridgehead atoms. The SMILES string of the molecule is CC1=C(C(=O)Nc2ccccc2)C(c2ccc(OCc3cccc4ccccc34)cc2)n2ncnc2N1. The van der Waals surface area contributed by atoms with Crippen LogP contribution in [0.4, 0.5) is 11.6 Å². The van der Waals surface area contributed by atoms with Crippen LogP contribution in [0.3, 0.4) is 0 Å². The van der Waals surface area contributed by atoms with E-state index in [1.165, 1.54) is 17.1 Å². The topological polar surface area (TPSA) is 81.1 Å². The second kappa shape index (κ2) is 9.62. The molecule has 37 heavy (non-hydrogen) atoms. The van der Waals surface area contributed by atoms with Gasteiger partial charge in [0.15, 0.2) is 0 Å². The first-order valence-corrected chi connectivity index (χ1v) is 12.1. The number of para-hydroxylation sites is 1. The van der Waals surface area contributed by atoms with Gasteiger partial charge in [0.2, 0.25) is 5.95 Å². The molecular weight excluding hydrogens is 462 g/mol.